The minimum atomic E-state index is -3.70. The molecule has 0 saturated carbocycles. The zero-order valence-corrected chi connectivity index (χ0v) is 20.2. The Labute approximate surface area is 199 Å². The van der Waals surface area contributed by atoms with Crippen LogP contribution in [0, 0.1) is 13.8 Å². The Balaban J connectivity index is 1.39. The maximum absolute atomic E-state index is 12.9. The molecular weight excluding hydrogens is 458 g/mol. The summed E-state index contributed by atoms with van der Waals surface area (Å²) in [6, 6.07) is 19.3. The molecule has 1 aliphatic heterocycles. The first-order chi connectivity index (χ1) is 15.7. The number of aryl methyl sites for hydroxylation is 2. The lowest BCUT2D eigenvalue weighted by molar-refractivity contribution is 0.0747. The number of piperazine rings is 1. The molecule has 1 N–H and O–H groups in total. The van der Waals surface area contributed by atoms with Gasteiger partial charge in [0, 0.05) is 37.4 Å². The molecule has 8 heteroatoms. The number of nitrogens with one attached hydrogen (secondary N) is 1. The average Bonchev–Trinajstić information content (AvgIpc) is 2.81. The van der Waals surface area contributed by atoms with Crippen molar-refractivity contribution in [2.24, 2.45) is 0 Å². The quantitative estimate of drug-likeness (QED) is 0.570. The Bertz CT molecular complexity index is 1270. The predicted molar refractivity (Wildman–Crippen MR) is 133 cm³/mol. The molecule has 172 valence electrons. The third kappa shape index (κ3) is 5.15. The Morgan fingerprint density at radius 1 is 0.879 bits per heavy atom. The van der Waals surface area contributed by atoms with Crippen molar-refractivity contribution >= 4 is 38.9 Å². The van der Waals surface area contributed by atoms with Crippen LogP contribution in [-0.2, 0) is 10.0 Å². The molecule has 33 heavy (non-hydrogen) atoms. The second-order valence-electron chi connectivity index (χ2n) is 8.16. The topological polar surface area (TPSA) is 69.7 Å². The van der Waals surface area contributed by atoms with E-state index in [1.807, 2.05) is 43.0 Å². The van der Waals surface area contributed by atoms with E-state index in [-0.39, 0.29) is 10.8 Å². The summed E-state index contributed by atoms with van der Waals surface area (Å²) in [5.74, 6) is -0.0719. The third-order valence-corrected chi connectivity index (χ3v) is 7.63. The number of benzene rings is 3. The lowest BCUT2D eigenvalue weighted by Crippen LogP contribution is -2.48. The molecular formula is C25H26ClN3O3S. The fraction of sp³-hybridized carbons (Fsp3) is 0.240. The number of sulfonamides is 1. The largest absolute Gasteiger partial charge is 0.367 e. The van der Waals surface area contributed by atoms with E-state index < -0.39 is 10.0 Å². The summed E-state index contributed by atoms with van der Waals surface area (Å²) in [6.07, 6.45) is 0. The standard InChI is InChI=1S/C25H26ClN3O3S/c1-18-7-12-22(17-19(18)2)33(31,32)27-21-10-8-20(9-11-21)25(30)29-15-13-28(14-16-29)24-6-4-3-5-23(24)26/h3-12,17,27H,13-16H2,1-2H3. The Morgan fingerprint density at radius 2 is 1.55 bits per heavy atom. The molecule has 3 aromatic rings. The molecule has 0 aromatic heterocycles. The first-order valence-corrected chi connectivity index (χ1v) is 12.6. The van der Waals surface area contributed by atoms with E-state index in [0.29, 0.717) is 42.5 Å². The monoisotopic (exact) mass is 483 g/mol. The van der Waals surface area contributed by atoms with E-state index in [4.69, 9.17) is 11.6 Å². The number of carbonyl (C=O) groups is 1. The molecule has 1 amide bonds. The molecule has 0 bridgehead atoms. The lowest BCUT2D eigenvalue weighted by Gasteiger charge is -2.36. The zero-order valence-electron chi connectivity index (χ0n) is 18.6. The number of rotatable bonds is 5. The second-order valence-corrected chi connectivity index (χ2v) is 10.2. The van der Waals surface area contributed by atoms with Crippen LogP contribution in [0.1, 0.15) is 21.5 Å². The minimum absolute atomic E-state index is 0.0719. The van der Waals surface area contributed by atoms with Gasteiger partial charge < -0.3 is 9.80 Å². The van der Waals surface area contributed by atoms with Crippen molar-refractivity contribution in [1.29, 1.82) is 0 Å². The van der Waals surface area contributed by atoms with Gasteiger partial charge in [-0.1, -0.05) is 29.8 Å². The van der Waals surface area contributed by atoms with Crippen LogP contribution in [0.5, 0.6) is 0 Å². The van der Waals surface area contributed by atoms with E-state index in [0.717, 1.165) is 16.8 Å². The Morgan fingerprint density at radius 3 is 2.18 bits per heavy atom. The average molecular weight is 484 g/mol. The molecule has 0 atom stereocenters. The summed E-state index contributed by atoms with van der Waals surface area (Å²) in [5, 5.41) is 0.705. The van der Waals surface area contributed by atoms with E-state index in [2.05, 4.69) is 9.62 Å². The van der Waals surface area contributed by atoms with Gasteiger partial charge in [0.1, 0.15) is 0 Å². The van der Waals surface area contributed by atoms with Crippen LogP contribution in [0.4, 0.5) is 11.4 Å². The number of hydrogen-bond acceptors (Lipinski definition) is 4. The van der Waals surface area contributed by atoms with Crippen molar-refractivity contribution in [3.05, 3.63) is 88.4 Å². The van der Waals surface area contributed by atoms with E-state index in [1.54, 1.807) is 42.5 Å². The van der Waals surface area contributed by atoms with Gasteiger partial charge in [0.15, 0.2) is 0 Å². The van der Waals surface area contributed by atoms with E-state index in [9.17, 15) is 13.2 Å². The molecule has 1 fully saturated rings. The van der Waals surface area contributed by atoms with Crippen LogP contribution in [0.15, 0.2) is 71.6 Å². The molecule has 0 unspecified atom stereocenters. The highest BCUT2D eigenvalue weighted by atomic mass is 35.5. The summed E-state index contributed by atoms with van der Waals surface area (Å²) in [4.78, 5) is 17.1. The van der Waals surface area contributed by atoms with Crippen molar-refractivity contribution in [2.75, 3.05) is 35.8 Å². The molecule has 0 radical (unpaired) electrons. The van der Waals surface area contributed by atoms with Gasteiger partial charge in [-0.25, -0.2) is 8.42 Å². The van der Waals surface area contributed by atoms with Gasteiger partial charge in [0.2, 0.25) is 0 Å². The number of anilines is 2. The van der Waals surface area contributed by atoms with Crippen LogP contribution in [0.25, 0.3) is 0 Å². The summed E-state index contributed by atoms with van der Waals surface area (Å²) in [7, 11) is -3.70. The third-order valence-electron chi connectivity index (χ3n) is 5.93. The van der Waals surface area contributed by atoms with Gasteiger partial charge >= 0.3 is 0 Å². The lowest BCUT2D eigenvalue weighted by atomic mass is 10.1. The maximum atomic E-state index is 12.9. The van der Waals surface area contributed by atoms with Crippen molar-refractivity contribution < 1.29 is 13.2 Å². The number of para-hydroxylation sites is 1. The zero-order chi connectivity index (χ0) is 23.6. The maximum Gasteiger partial charge on any atom is 0.261 e. The van der Waals surface area contributed by atoms with Gasteiger partial charge in [0.05, 0.1) is 15.6 Å². The summed E-state index contributed by atoms with van der Waals surface area (Å²) in [6.45, 7) is 6.39. The first-order valence-electron chi connectivity index (χ1n) is 10.7. The van der Waals surface area contributed by atoms with Gasteiger partial charge in [-0.15, -0.1) is 0 Å². The number of carbonyl (C=O) groups excluding carboxylic acids is 1. The minimum Gasteiger partial charge on any atom is -0.367 e. The van der Waals surface area contributed by atoms with Crippen LogP contribution in [-0.4, -0.2) is 45.4 Å². The normalized spacial score (nSPS) is 14.3. The van der Waals surface area contributed by atoms with Crippen molar-refractivity contribution in [1.82, 2.24) is 4.90 Å². The molecule has 1 aliphatic rings. The van der Waals surface area contributed by atoms with Crippen molar-refractivity contribution in [3.8, 4) is 0 Å². The van der Waals surface area contributed by atoms with Crippen molar-refractivity contribution in [2.45, 2.75) is 18.7 Å². The molecule has 0 spiro atoms. The highest BCUT2D eigenvalue weighted by Crippen LogP contribution is 2.26. The second kappa shape index (κ2) is 9.45. The molecule has 1 saturated heterocycles. The van der Waals surface area contributed by atoms with Crippen LogP contribution in [0.2, 0.25) is 5.02 Å². The highest BCUT2D eigenvalue weighted by Gasteiger charge is 2.23. The van der Waals surface area contributed by atoms with Crippen LogP contribution >= 0.6 is 11.6 Å². The summed E-state index contributed by atoms with van der Waals surface area (Å²) < 4.78 is 28.0. The number of hydrogen-bond donors (Lipinski definition) is 1. The molecule has 4 rings (SSSR count). The highest BCUT2D eigenvalue weighted by molar-refractivity contribution is 7.92. The summed E-state index contributed by atoms with van der Waals surface area (Å²) >= 11 is 6.30. The van der Waals surface area contributed by atoms with E-state index >= 15 is 0 Å². The molecule has 1 heterocycles. The van der Waals surface area contributed by atoms with Crippen LogP contribution in [0.3, 0.4) is 0 Å². The van der Waals surface area contributed by atoms with Gasteiger partial charge in [0.25, 0.3) is 15.9 Å². The van der Waals surface area contributed by atoms with Crippen LogP contribution < -0.4 is 9.62 Å². The fourth-order valence-corrected chi connectivity index (χ4v) is 5.22. The van der Waals surface area contributed by atoms with E-state index in [1.165, 1.54) is 0 Å². The smallest absolute Gasteiger partial charge is 0.261 e. The SMILES string of the molecule is Cc1ccc(S(=O)(=O)Nc2ccc(C(=O)N3CCN(c4ccccc4Cl)CC3)cc2)cc1C. The fourth-order valence-electron chi connectivity index (χ4n) is 3.82. The van der Waals surface area contributed by atoms with Gasteiger partial charge in [-0.3, -0.25) is 9.52 Å². The number of nitrogens with zero attached hydrogens (tertiary/aromatic N) is 2. The number of halogens is 1. The van der Waals surface area contributed by atoms with Gasteiger partial charge in [-0.2, -0.15) is 0 Å². The van der Waals surface area contributed by atoms with Crippen molar-refractivity contribution in [3.63, 3.8) is 0 Å². The molecule has 0 aliphatic carbocycles. The molecule has 6 nitrogen and oxygen atoms in total. The first kappa shape index (κ1) is 23.1. The Kier molecular flexibility index (Phi) is 6.63. The molecule has 3 aromatic carbocycles. The summed E-state index contributed by atoms with van der Waals surface area (Å²) in [5.41, 5.74) is 3.85. The number of amides is 1. The Hall–Kier alpha value is -3.03. The predicted octanol–water partition coefficient (Wildman–Crippen LogP) is 4.72. The van der Waals surface area contributed by atoms with Gasteiger partial charge in [-0.05, 0) is 73.5 Å².